The molecule has 192 valence electrons. The van der Waals surface area contributed by atoms with Gasteiger partial charge in [0.25, 0.3) is 10.0 Å². The Hall–Kier alpha value is -3.33. The molecule has 0 saturated carbocycles. The molecule has 1 heterocycles. The van der Waals surface area contributed by atoms with E-state index in [0.29, 0.717) is 11.9 Å². The van der Waals surface area contributed by atoms with E-state index in [4.69, 9.17) is 9.47 Å². The normalized spacial score (nSPS) is 17.6. The average Bonchev–Trinajstić information content (AvgIpc) is 3.19. The molecule has 4 rings (SSSR count). The summed E-state index contributed by atoms with van der Waals surface area (Å²) in [4.78, 5) is 27.1. The molecular weight excluding hydrogens is 480 g/mol. The van der Waals surface area contributed by atoms with E-state index >= 15 is 0 Å². The number of hydrogen-bond acceptors (Lipinski definition) is 6. The number of benzene rings is 2. The molecule has 0 N–H and O–H groups in total. The van der Waals surface area contributed by atoms with E-state index in [1.165, 1.54) is 16.0 Å². The summed E-state index contributed by atoms with van der Waals surface area (Å²) in [5.41, 5.74) is 2.41. The number of rotatable bonds is 5. The molecule has 0 spiro atoms. The average molecular weight is 513 g/mol. The van der Waals surface area contributed by atoms with Crippen molar-refractivity contribution in [3.05, 3.63) is 65.4 Å². The molecule has 0 fully saturated rings. The number of amides is 1. The van der Waals surface area contributed by atoms with Crippen molar-refractivity contribution in [3.8, 4) is 0 Å². The topological polar surface area (TPSA) is 94.9 Å². The molecule has 0 unspecified atom stereocenters. The van der Waals surface area contributed by atoms with E-state index in [1.807, 2.05) is 13.0 Å². The third-order valence-electron chi connectivity index (χ3n) is 6.57. The standard InChI is InChI=1S/C27H32N2O6S/c1-17-10-12-19(13-11-17)36(32,33)29-16-18-14-23(28(5)26(31)35-27(2,3)4)21(15-24(30)34-6)20-8-7-9-22(29)25(18)20/h7-13,16,21,23H,14-15H2,1-6H3/t21-,23+/m0/s1. The van der Waals surface area contributed by atoms with Gasteiger partial charge in [0, 0.05) is 30.6 Å². The van der Waals surface area contributed by atoms with Gasteiger partial charge in [0.15, 0.2) is 0 Å². The lowest BCUT2D eigenvalue weighted by atomic mass is 9.78. The van der Waals surface area contributed by atoms with Crippen LogP contribution in [0.3, 0.4) is 0 Å². The Balaban J connectivity index is 1.85. The Kier molecular flexibility index (Phi) is 6.64. The van der Waals surface area contributed by atoms with E-state index < -0.39 is 39.6 Å². The fourth-order valence-electron chi connectivity index (χ4n) is 4.81. The number of carbonyl (C=O) groups is 2. The summed E-state index contributed by atoms with van der Waals surface area (Å²) in [7, 11) is -0.889. The van der Waals surface area contributed by atoms with Crippen LogP contribution in [-0.4, -0.2) is 55.2 Å². The van der Waals surface area contributed by atoms with Crippen molar-refractivity contribution in [1.82, 2.24) is 8.87 Å². The monoisotopic (exact) mass is 512 g/mol. The van der Waals surface area contributed by atoms with E-state index in [0.717, 1.165) is 22.1 Å². The van der Waals surface area contributed by atoms with Crippen LogP contribution in [0.4, 0.5) is 4.79 Å². The zero-order valence-electron chi connectivity index (χ0n) is 21.4. The second kappa shape index (κ2) is 9.28. The Labute approximate surface area is 211 Å². The van der Waals surface area contributed by atoms with Gasteiger partial charge in [-0.3, -0.25) is 4.79 Å². The summed E-state index contributed by atoms with van der Waals surface area (Å²) in [6, 6.07) is 11.7. The van der Waals surface area contributed by atoms with Crippen molar-refractivity contribution in [2.24, 2.45) is 0 Å². The number of aryl methyl sites for hydroxylation is 1. The summed E-state index contributed by atoms with van der Waals surface area (Å²) in [5.74, 6) is -0.807. The minimum absolute atomic E-state index is 0.0444. The summed E-state index contributed by atoms with van der Waals surface area (Å²) < 4.78 is 39.1. The minimum atomic E-state index is -3.86. The predicted octanol–water partition coefficient (Wildman–Crippen LogP) is 4.63. The van der Waals surface area contributed by atoms with Gasteiger partial charge < -0.3 is 14.4 Å². The molecule has 36 heavy (non-hydrogen) atoms. The fourth-order valence-corrected chi connectivity index (χ4v) is 6.20. The van der Waals surface area contributed by atoms with Crippen molar-refractivity contribution in [2.75, 3.05) is 14.2 Å². The highest BCUT2D eigenvalue weighted by Gasteiger charge is 2.39. The molecule has 8 nitrogen and oxygen atoms in total. The fraction of sp³-hybridized carbons (Fsp3) is 0.407. The maximum Gasteiger partial charge on any atom is 0.410 e. The second-order valence-corrected chi connectivity index (χ2v) is 12.1. The lowest BCUT2D eigenvalue weighted by molar-refractivity contribution is -0.141. The molecule has 1 amide bonds. The third kappa shape index (κ3) is 4.72. The van der Waals surface area contributed by atoms with Gasteiger partial charge in [-0.15, -0.1) is 0 Å². The van der Waals surface area contributed by atoms with Crippen molar-refractivity contribution >= 4 is 33.0 Å². The molecule has 1 aliphatic carbocycles. The first-order chi connectivity index (χ1) is 16.8. The SMILES string of the molecule is COC(=O)C[C@H]1c2cccc3c2c(cn3S(=O)(=O)c2ccc(C)cc2)C[C@H]1N(C)C(=O)OC(C)(C)C. The summed E-state index contributed by atoms with van der Waals surface area (Å²) >= 11 is 0. The molecule has 0 saturated heterocycles. The van der Waals surface area contributed by atoms with Crippen molar-refractivity contribution < 1.29 is 27.5 Å². The van der Waals surface area contributed by atoms with Crippen LogP contribution in [-0.2, 0) is 30.7 Å². The largest absolute Gasteiger partial charge is 0.469 e. The van der Waals surface area contributed by atoms with Crippen molar-refractivity contribution in [1.29, 1.82) is 0 Å². The second-order valence-electron chi connectivity index (χ2n) is 10.3. The van der Waals surface area contributed by atoms with Gasteiger partial charge in [0.2, 0.25) is 0 Å². The Morgan fingerprint density at radius 1 is 1.11 bits per heavy atom. The number of nitrogens with zero attached hydrogens (tertiary/aromatic N) is 2. The number of hydrogen-bond donors (Lipinski definition) is 0. The molecule has 2 aromatic carbocycles. The van der Waals surface area contributed by atoms with Crippen LogP contribution in [0, 0.1) is 6.92 Å². The molecule has 1 aliphatic rings. The molecule has 0 radical (unpaired) electrons. The number of methoxy groups -OCH3 is 1. The van der Waals surface area contributed by atoms with Crippen LogP contribution in [0.2, 0.25) is 0 Å². The predicted molar refractivity (Wildman–Crippen MR) is 137 cm³/mol. The first-order valence-corrected chi connectivity index (χ1v) is 13.2. The molecule has 1 aromatic heterocycles. The van der Waals surface area contributed by atoms with Crippen LogP contribution >= 0.6 is 0 Å². The van der Waals surface area contributed by atoms with E-state index in [-0.39, 0.29) is 11.3 Å². The molecule has 0 aliphatic heterocycles. The van der Waals surface area contributed by atoms with Gasteiger partial charge in [-0.05, 0) is 63.4 Å². The van der Waals surface area contributed by atoms with Gasteiger partial charge in [0.05, 0.1) is 23.9 Å². The molecule has 2 atom stereocenters. The van der Waals surface area contributed by atoms with Crippen LogP contribution in [0.25, 0.3) is 10.9 Å². The first-order valence-electron chi connectivity index (χ1n) is 11.8. The Morgan fingerprint density at radius 3 is 2.39 bits per heavy atom. The van der Waals surface area contributed by atoms with Gasteiger partial charge in [0.1, 0.15) is 5.60 Å². The zero-order chi connectivity index (χ0) is 26.4. The van der Waals surface area contributed by atoms with Gasteiger partial charge in [-0.1, -0.05) is 29.8 Å². The van der Waals surface area contributed by atoms with Gasteiger partial charge in [-0.25, -0.2) is 17.2 Å². The van der Waals surface area contributed by atoms with Crippen molar-refractivity contribution in [3.63, 3.8) is 0 Å². The minimum Gasteiger partial charge on any atom is -0.469 e. The molecule has 0 bridgehead atoms. The van der Waals surface area contributed by atoms with E-state index in [9.17, 15) is 18.0 Å². The van der Waals surface area contributed by atoms with E-state index in [2.05, 4.69) is 0 Å². The maximum atomic E-state index is 13.6. The van der Waals surface area contributed by atoms with Crippen LogP contribution in [0.1, 0.15) is 49.8 Å². The van der Waals surface area contributed by atoms with Crippen LogP contribution in [0.15, 0.2) is 53.6 Å². The number of likely N-dealkylation sites (N-methyl/N-ethyl adjacent to an activating group) is 1. The Bertz CT molecular complexity index is 1420. The number of aromatic nitrogens is 1. The highest BCUT2D eigenvalue weighted by atomic mass is 32.2. The lowest BCUT2D eigenvalue weighted by Crippen LogP contribution is -2.46. The number of carbonyl (C=O) groups excluding carboxylic acids is 2. The van der Waals surface area contributed by atoms with Gasteiger partial charge in [-0.2, -0.15) is 0 Å². The summed E-state index contributed by atoms with van der Waals surface area (Å²) in [6.45, 7) is 7.28. The van der Waals surface area contributed by atoms with Crippen LogP contribution in [0.5, 0.6) is 0 Å². The molecule has 9 heteroatoms. The highest BCUT2D eigenvalue weighted by molar-refractivity contribution is 7.90. The smallest absolute Gasteiger partial charge is 0.410 e. The quantitative estimate of drug-likeness (QED) is 0.463. The van der Waals surface area contributed by atoms with E-state index in [1.54, 1.807) is 70.4 Å². The number of esters is 1. The van der Waals surface area contributed by atoms with Crippen molar-refractivity contribution in [2.45, 2.75) is 63.0 Å². The summed E-state index contributed by atoms with van der Waals surface area (Å²) in [6.07, 6.45) is 1.53. The zero-order valence-corrected chi connectivity index (χ0v) is 22.3. The third-order valence-corrected chi connectivity index (χ3v) is 8.26. The summed E-state index contributed by atoms with van der Waals surface area (Å²) in [5, 5.41) is 0.788. The van der Waals surface area contributed by atoms with Gasteiger partial charge >= 0.3 is 12.1 Å². The molecule has 3 aromatic rings. The molecular formula is C27H32N2O6S. The van der Waals surface area contributed by atoms with Crippen LogP contribution < -0.4 is 0 Å². The Morgan fingerprint density at radius 2 is 1.78 bits per heavy atom. The highest BCUT2D eigenvalue weighted by Crippen LogP contribution is 2.42. The maximum absolute atomic E-state index is 13.6. The lowest BCUT2D eigenvalue weighted by Gasteiger charge is -2.38. The number of ether oxygens (including phenoxy) is 2. The first kappa shape index (κ1) is 25.8.